The lowest BCUT2D eigenvalue weighted by molar-refractivity contribution is -0.137. The number of piperidine rings is 1. The molecule has 15 heteroatoms. The molecule has 1 aromatic carbocycles. The Kier molecular flexibility index (Phi) is 6.75. The predicted octanol–water partition coefficient (Wildman–Crippen LogP) is 6.05. The molecule has 3 saturated heterocycles. The van der Waals surface area contributed by atoms with Gasteiger partial charge in [-0.15, -0.1) is 0 Å². The van der Waals surface area contributed by atoms with Crippen molar-refractivity contribution in [1.82, 2.24) is 19.9 Å². The number of rotatable bonds is 5. The second kappa shape index (κ2) is 9.95. The van der Waals surface area contributed by atoms with Gasteiger partial charge in [0.1, 0.15) is 23.6 Å². The van der Waals surface area contributed by atoms with E-state index in [1.165, 1.54) is 6.20 Å². The topological polar surface area (TPSA) is 106 Å². The molecule has 8 nitrogen and oxygen atoms in total. The van der Waals surface area contributed by atoms with Crippen LogP contribution in [-0.2, 0) is 6.18 Å². The van der Waals surface area contributed by atoms with E-state index in [2.05, 4.69) is 15.0 Å². The van der Waals surface area contributed by atoms with E-state index < -0.39 is 56.3 Å². The normalized spacial score (nSPS) is 29.5. The maximum atomic E-state index is 16.4. The number of halogens is 7. The third kappa shape index (κ3) is 5.03. The molecular formula is C30H32ClF6N7O. The molecule has 1 saturated carbocycles. The van der Waals surface area contributed by atoms with E-state index in [-0.39, 0.29) is 54.4 Å². The Morgan fingerprint density at radius 2 is 1.80 bits per heavy atom. The van der Waals surface area contributed by atoms with Crippen molar-refractivity contribution < 1.29 is 31.1 Å². The number of anilines is 2. The van der Waals surface area contributed by atoms with Gasteiger partial charge in [0, 0.05) is 49.0 Å². The summed E-state index contributed by atoms with van der Waals surface area (Å²) < 4.78 is 93.5. The average Bonchev–Trinajstić information content (AvgIpc) is 3.16. The fraction of sp³-hybridized carbons (Fsp3) is 0.567. The zero-order valence-electron chi connectivity index (χ0n) is 24.5. The van der Waals surface area contributed by atoms with Crippen molar-refractivity contribution >= 4 is 34.0 Å². The van der Waals surface area contributed by atoms with Gasteiger partial charge in [0.2, 0.25) is 0 Å². The third-order valence-electron chi connectivity index (χ3n) is 9.91. The molecule has 3 atom stereocenters. The van der Waals surface area contributed by atoms with Gasteiger partial charge in [-0.25, -0.2) is 13.2 Å². The van der Waals surface area contributed by atoms with Crippen LogP contribution < -0.4 is 21.1 Å². The quantitative estimate of drug-likeness (QED) is 0.253. The molecule has 3 aromatic rings. The summed E-state index contributed by atoms with van der Waals surface area (Å²) >= 11 is 5.94. The van der Waals surface area contributed by atoms with E-state index in [0.717, 1.165) is 25.0 Å². The summed E-state index contributed by atoms with van der Waals surface area (Å²) in [6.45, 7) is 3.73. The molecule has 4 N–H and O–H groups in total. The molecule has 2 aromatic heterocycles. The van der Waals surface area contributed by atoms with Gasteiger partial charge in [-0.1, -0.05) is 11.6 Å². The highest BCUT2D eigenvalue weighted by Gasteiger charge is 2.77. The molecule has 242 valence electrons. The Morgan fingerprint density at radius 1 is 1.07 bits per heavy atom. The first-order valence-electron chi connectivity index (χ1n) is 14.9. The summed E-state index contributed by atoms with van der Waals surface area (Å²) in [6.07, 6.45) is -0.660. The zero-order chi connectivity index (χ0) is 32.2. The SMILES string of the molecule is CC1(N)CCCN(c2nc(OCC34CCCN3CC3(C4)CC3(F)F)nc3c(F)c(-c4cc(N)cc(Cl)c4C(F)(F)F)ncc23)C1. The van der Waals surface area contributed by atoms with Gasteiger partial charge in [0.15, 0.2) is 5.82 Å². The molecule has 3 aliphatic heterocycles. The number of fused-ring (bicyclic) bond motifs is 2. The van der Waals surface area contributed by atoms with E-state index in [9.17, 15) is 22.0 Å². The van der Waals surface area contributed by atoms with Gasteiger partial charge in [0.05, 0.1) is 26.9 Å². The van der Waals surface area contributed by atoms with E-state index in [1.807, 2.05) is 16.7 Å². The van der Waals surface area contributed by atoms with Gasteiger partial charge in [-0.3, -0.25) is 9.88 Å². The lowest BCUT2D eigenvalue weighted by atomic mass is 9.89. The predicted molar refractivity (Wildman–Crippen MR) is 157 cm³/mol. The highest BCUT2D eigenvalue weighted by atomic mass is 35.5. The molecular weight excluding hydrogens is 624 g/mol. The fourth-order valence-electron chi connectivity index (χ4n) is 7.72. The van der Waals surface area contributed by atoms with Crippen molar-refractivity contribution in [3.8, 4) is 17.3 Å². The average molecular weight is 656 g/mol. The molecule has 5 heterocycles. The molecule has 4 aliphatic rings. The van der Waals surface area contributed by atoms with Gasteiger partial charge >= 0.3 is 12.2 Å². The molecule has 3 unspecified atom stereocenters. The highest BCUT2D eigenvalue weighted by Crippen LogP contribution is 2.69. The summed E-state index contributed by atoms with van der Waals surface area (Å²) in [5.74, 6) is -3.59. The summed E-state index contributed by atoms with van der Waals surface area (Å²) in [5.41, 5.74) is 7.00. The molecule has 0 amide bonds. The summed E-state index contributed by atoms with van der Waals surface area (Å²) in [7, 11) is 0. The summed E-state index contributed by atoms with van der Waals surface area (Å²) in [6, 6.07) is 1.69. The molecule has 1 aliphatic carbocycles. The number of alkyl halides is 5. The van der Waals surface area contributed by atoms with Crippen LogP contribution in [0.5, 0.6) is 6.01 Å². The number of pyridine rings is 1. The first kappa shape index (κ1) is 30.5. The summed E-state index contributed by atoms with van der Waals surface area (Å²) in [4.78, 5) is 16.9. The highest BCUT2D eigenvalue weighted by molar-refractivity contribution is 6.32. The maximum Gasteiger partial charge on any atom is 0.418 e. The first-order chi connectivity index (χ1) is 21.0. The van der Waals surface area contributed by atoms with Crippen LogP contribution in [0.15, 0.2) is 18.3 Å². The summed E-state index contributed by atoms with van der Waals surface area (Å²) in [5, 5.41) is -0.541. The van der Waals surface area contributed by atoms with E-state index in [1.54, 1.807) is 0 Å². The standard InChI is InChI=1S/C30H32ClF6N7O/c1-26(39)4-2-6-43(13-26)24-18-10-40-22(17-8-16(38)9-19(31)20(17)30(35,36)37)21(32)23(18)41-25(42-24)45-15-28-5-3-7-44(28)14-27(11-28)12-29(27,33)34/h8-10H,2-7,11-15,38-39H2,1H3. The van der Waals surface area contributed by atoms with Crippen LogP contribution in [0.4, 0.5) is 37.8 Å². The van der Waals surface area contributed by atoms with Crippen LogP contribution in [0, 0.1) is 11.2 Å². The number of benzene rings is 1. The maximum absolute atomic E-state index is 16.4. The van der Waals surface area contributed by atoms with Crippen molar-refractivity contribution in [2.24, 2.45) is 11.1 Å². The Balaban J connectivity index is 1.33. The van der Waals surface area contributed by atoms with E-state index in [4.69, 9.17) is 27.8 Å². The molecule has 7 rings (SSSR count). The number of ether oxygens (including phenoxy) is 1. The number of nitrogen functional groups attached to an aromatic ring is 1. The van der Waals surface area contributed by atoms with Crippen molar-refractivity contribution in [3.05, 3.63) is 34.7 Å². The minimum atomic E-state index is -4.93. The van der Waals surface area contributed by atoms with Crippen molar-refractivity contribution in [3.63, 3.8) is 0 Å². The third-order valence-corrected chi connectivity index (χ3v) is 10.2. The smallest absolute Gasteiger partial charge is 0.418 e. The lowest BCUT2D eigenvalue weighted by Crippen LogP contribution is -2.52. The van der Waals surface area contributed by atoms with Gasteiger partial charge in [-0.05, 0) is 57.7 Å². The molecule has 1 spiro atoms. The van der Waals surface area contributed by atoms with Crippen LogP contribution in [0.1, 0.15) is 51.0 Å². The number of hydrogen-bond acceptors (Lipinski definition) is 8. The van der Waals surface area contributed by atoms with Crippen molar-refractivity contribution in [2.45, 2.75) is 68.6 Å². The van der Waals surface area contributed by atoms with E-state index in [0.29, 0.717) is 32.5 Å². The van der Waals surface area contributed by atoms with Gasteiger partial charge < -0.3 is 21.1 Å². The largest absolute Gasteiger partial charge is 0.461 e. The van der Waals surface area contributed by atoms with Gasteiger partial charge in [-0.2, -0.15) is 23.1 Å². The van der Waals surface area contributed by atoms with Crippen LogP contribution >= 0.6 is 11.6 Å². The number of nitrogens with two attached hydrogens (primary N) is 2. The van der Waals surface area contributed by atoms with Crippen LogP contribution in [0.2, 0.25) is 5.02 Å². The number of aromatic nitrogens is 3. The number of nitrogens with zero attached hydrogens (tertiary/aromatic N) is 5. The molecule has 4 fully saturated rings. The Morgan fingerprint density at radius 3 is 2.49 bits per heavy atom. The van der Waals surface area contributed by atoms with Crippen LogP contribution in [0.3, 0.4) is 0 Å². The van der Waals surface area contributed by atoms with Crippen molar-refractivity contribution in [2.75, 3.05) is 43.4 Å². The number of hydrogen-bond donors (Lipinski definition) is 2. The fourth-order valence-corrected chi connectivity index (χ4v) is 8.05. The monoisotopic (exact) mass is 655 g/mol. The van der Waals surface area contributed by atoms with Crippen molar-refractivity contribution in [1.29, 1.82) is 0 Å². The molecule has 45 heavy (non-hydrogen) atoms. The zero-order valence-corrected chi connectivity index (χ0v) is 25.2. The van der Waals surface area contributed by atoms with Gasteiger partial charge in [0.25, 0.3) is 5.92 Å². The van der Waals surface area contributed by atoms with E-state index >= 15 is 4.39 Å². The van der Waals surface area contributed by atoms with Crippen LogP contribution in [0.25, 0.3) is 22.2 Å². The Bertz CT molecular complexity index is 1700. The lowest BCUT2D eigenvalue weighted by Gasteiger charge is -2.39. The molecule has 0 bridgehead atoms. The Labute approximate surface area is 260 Å². The Hall–Kier alpha value is -3.10. The second-order valence-corrected chi connectivity index (χ2v) is 13.9. The van der Waals surface area contributed by atoms with Crippen LogP contribution in [-0.4, -0.2) is 69.6 Å². The second-order valence-electron chi connectivity index (χ2n) is 13.5. The minimum Gasteiger partial charge on any atom is -0.461 e. The minimum absolute atomic E-state index is 0.00693. The molecule has 0 radical (unpaired) electrons. The first-order valence-corrected chi connectivity index (χ1v) is 15.2.